The molecule has 1 aliphatic rings. The predicted molar refractivity (Wildman–Crippen MR) is 80.9 cm³/mol. The van der Waals surface area contributed by atoms with Gasteiger partial charge in [-0.3, -0.25) is 4.79 Å². The molecule has 6 heteroatoms. The van der Waals surface area contributed by atoms with E-state index >= 15 is 0 Å². The molecule has 1 N–H and O–H groups in total. The fraction of sp³-hybridized carbons (Fsp3) is 0.533. The first-order chi connectivity index (χ1) is 10.3. The van der Waals surface area contributed by atoms with Crippen molar-refractivity contribution < 1.29 is 9.32 Å². The summed E-state index contributed by atoms with van der Waals surface area (Å²) in [5, 5.41) is 9.02. The van der Waals surface area contributed by atoms with Crippen molar-refractivity contribution in [1.82, 2.24) is 15.5 Å². The van der Waals surface area contributed by atoms with Gasteiger partial charge in [0.2, 0.25) is 17.6 Å². The normalized spacial score (nSPS) is 16.0. The third-order valence-corrected chi connectivity index (χ3v) is 4.61. The first kappa shape index (κ1) is 14.3. The van der Waals surface area contributed by atoms with Crippen LogP contribution in [0.5, 0.6) is 0 Å². The van der Waals surface area contributed by atoms with E-state index in [1.54, 1.807) is 11.3 Å². The van der Waals surface area contributed by atoms with Crippen LogP contribution < -0.4 is 5.32 Å². The van der Waals surface area contributed by atoms with Gasteiger partial charge in [0, 0.05) is 18.9 Å². The van der Waals surface area contributed by atoms with Gasteiger partial charge in [0.05, 0.1) is 4.88 Å². The van der Waals surface area contributed by atoms with Crippen molar-refractivity contribution in [3.63, 3.8) is 0 Å². The molecule has 21 heavy (non-hydrogen) atoms. The first-order valence-electron chi connectivity index (χ1n) is 7.47. The predicted octanol–water partition coefficient (Wildman–Crippen LogP) is 3.18. The molecule has 2 aromatic heterocycles. The van der Waals surface area contributed by atoms with Gasteiger partial charge in [-0.2, -0.15) is 4.98 Å². The zero-order valence-electron chi connectivity index (χ0n) is 11.9. The van der Waals surface area contributed by atoms with Crippen LogP contribution in [-0.4, -0.2) is 22.1 Å². The molecule has 5 nitrogen and oxygen atoms in total. The highest BCUT2D eigenvalue weighted by Gasteiger charge is 2.16. The Morgan fingerprint density at radius 1 is 1.38 bits per heavy atom. The average molecular weight is 305 g/mol. The van der Waals surface area contributed by atoms with Crippen molar-refractivity contribution in [2.24, 2.45) is 0 Å². The smallest absolute Gasteiger partial charge is 0.227 e. The standard InChI is InChI=1S/C15H19N3O2S/c19-13(16-11-5-2-1-3-6-11)8-9-14-17-15(18-20-14)12-7-4-10-21-12/h4,7,10-11H,1-3,5-6,8-9H2,(H,16,19). The molecule has 0 bridgehead atoms. The van der Waals surface area contributed by atoms with Crippen molar-refractivity contribution in [2.45, 2.75) is 51.0 Å². The lowest BCUT2D eigenvalue weighted by atomic mass is 9.95. The molecule has 0 aliphatic heterocycles. The van der Waals surface area contributed by atoms with Gasteiger partial charge in [0.1, 0.15) is 0 Å². The maximum atomic E-state index is 11.9. The van der Waals surface area contributed by atoms with Gasteiger partial charge in [-0.15, -0.1) is 11.3 Å². The fourth-order valence-electron chi connectivity index (χ4n) is 2.63. The summed E-state index contributed by atoms with van der Waals surface area (Å²) in [6.07, 6.45) is 6.85. The molecule has 0 radical (unpaired) electrons. The lowest BCUT2D eigenvalue weighted by Gasteiger charge is -2.22. The Hall–Kier alpha value is -1.69. The Kier molecular flexibility index (Phi) is 4.65. The second-order valence-electron chi connectivity index (χ2n) is 5.39. The Morgan fingerprint density at radius 2 is 2.24 bits per heavy atom. The number of rotatable bonds is 5. The molecule has 3 rings (SSSR count). The molecular formula is C15H19N3O2S. The van der Waals surface area contributed by atoms with Crippen LogP contribution >= 0.6 is 11.3 Å². The molecule has 0 atom stereocenters. The van der Waals surface area contributed by atoms with Gasteiger partial charge >= 0.3 is 0 Å². The molecule has 1 saturated carbocycles. The average Bonchev–Trinajstić information content (AvgIpc) is 3.17. The molecule has 1 amide bonds. The monoisotopic (exact) mass is 305 g/mol. The Labute approximate surface area is 127 Å². The zero-order valence-corrected chi connectivity index (χ0v) is 12.7. The highest BCUT2D eigenvalue weighted by molar-refractivity contribution is 7.13. The van der Waals surface area contributed by atoms with Gasteiger partial charge in [0.25, 0.3) is 0 Å². The van der Waals surface area contributed by atoms with E-state index in [0.29, 0.717) is 30.6 Å². The maximum Gasteiger partial charge on any atom is 0.227 e. The largest absolute Gasteiger partial charge is 0.353 e. The molecule has 112 valence electrons. The number of hydrogen-bond donors (Lipinski definition) is 1. The molecule has 1 aliphatic carbocycles. The lowest BCUT2D eigenvalue weighted by molar-refractivity contribution is -0.122. The Morgan fingerprint density at radius 3 is 3.00 bits per heavy atom. The number of carbonyl (C=O) groups is 1. The van der Waals surface area contributed by atoms with E-state index in [2.05, 4.69) is 15.5 Å². The summed E-state index contributed by atoms with van der Waals surface area (Å²) in [6.45, 7) is 0. The second-order valence-corrected chi connectivity index (χ2v) is 6.34. The maximum absolute atomic E-state index is 11.9. The zero-order chi connectivity index (χ0) is 14.5. The molecule has 0 aromatic carbocycles. The minimum absolute atomic E-state index is 0.0813. The second kappa shape index (κ2) is 6.85. The van der Waals surface area contributed by atoms with Crippen LogP contribution in [0.1, 0.15) is 44.4 Å². The summed E-state index contributed by atoms with van der Waals surface area (Å²) in [5.74, 6) is 1.21. The molecule has 2 aromatic rings. The molecular weight excluding hydrogens is 286 g/mol. The van der Waals surface area contributed by atoms with Crippen LogP contribution in [0, 0.1) is 0 Å². The molecule has 0 unspecified atom stereocenters. The van der Waals surface area contributed by atoms with E-state index in [1.807, 2.05) is 17.5 Å². The number of carbonyl (C=O) groups excluding carboxylic acids is 1. The molecule has 0 saturated heterocycles. The van der Waals surface area contributed by atoms with Crippen LogP contribution in [0.25, 0.3) is 10.7 Å². The van der Waals surface area contributed by atoms with Gasteiger partial charge in [0.15, 0.2) is 0 Å². The highest BCUT2D eigenvalue weighted by atomic mass is 32.1. The van der Waals surface area contributed by atoms with Crippen molar-refractivity contribution >= 4 is 17.2 Å². The van der Waals surface area contributed by atoms with E-state index in [-0.39, 0.29) is 5.91 Å². The summed E-state index contributed by atoms with van der Waals surface area (Å²) in [5.41, 5.74) is 0. The summed E-state index contributed by atoms with van der Waals surface area (Å²) >= 11 is 1.57. The molecule has 1 fully saturated rings. The van der Waals surface area contributed by atoms with Crippen LogP contribution in [0.2, 0.25) is 0 Å². The number of aryl methyl sites for hydroxylation is 1. The van der Waals surface area contributed by atoms with Crippen LogP contribution in [0.3, 0.4) is 0 Å². The highest BCUT2D eigenvalue weighted by Crippen LogP contribution is 2.21. The fourth-order valence-corrected chi connectivity index (χ4v) is 3.28. The number of amides is 1. The summed E-state index contributed by atoms with van der Waals surface area (Å²) in [7, 11) is 0. The van der Waals surface area contributed by atoms with Gasteiger partial charge in [-0.05, 0) is 24.3 Å². The third-order valence-electron chi connectivity index (χ3n) is 3.75. The quantitative estimate of drug-likeness (QED) is 0.921. The van der Waals surface area contributed by atoms with Gasteiger partial charge < -0.3 is 9.84 Å². The van der Waals surface area contributed by atoms with Crippen molar-refractivity contribution in [3.05, 3.63) is 23.4 Å². The minimum atomic E-state index is 0.0813. The number of nitrogens with zero attached hydrogens (tertiary/aromatic N) is 2. The van der Waals surface area contributed by atoms with Crippen molar-refractivity contribution in [3.8, 4) is 10.7 Å². The van der Waals surface area contributed by atoms with Gasteiger partial charge in [-0.1, -0.05) is 30.5 Å². The SMILES string of the molecule is O=C(CCc1nc(-c2cccs2)no1)NC1CCCCC1. The van der Waals surface area contributed by atoms with Crippen LogP contribution in [0.4, 0.5) is 0 Å². The summed E-state index contributed by atoms with van der Waals surface area (Å²) in [4.78, 5) is 17.2. The minimum Gasteiger partial charge on any atom is -0.353 e. The lowest BCUT2D eigenvalue weighted by Crippen LogP contribution is -2.36. The van der Waals surface area contributed by atoms with Crippen LogP contribution in [-0.2, 0) is 11.2 Å². The number of thiophene rings is 1. The van der Waals surface area contributed by atoms with E-state index < -0.39 is 0 Å². The third kappa shape index (κ3) is 3.91. The van der Waals surface area contributed by atoms with Crippen molar-refractivity contribution in [2.75, 3.05) is 0 Å². The molecule has 0 spiro atoms. The van der Waals surface area contributed by atoms with E-state index in [0.717, 1.165) is 17.7 Å². The molecule has 2 heterocycles. The van der Waals surface area contributed by atoms with Gasteiger partial charge in [-0.25, -0.2) is 0 Å². The number of nitrogens with one attached hydrogen (secondary N) is 1. The van der Waals surface area contributed by atoms with E-state index in [1.165, 1.54) is 19.3 Å². The first-order valence-corrected chi connectivity index (χ1v) is 8.35. The van der Waals surface area contributed by atoms with E-state index in [9.17, 15) is 4.79 Å². The van der Waals surface area contributed by atoms with E-state index in [4.69, 9.17) is 4.52 Å². The summed E-state index contributed by atoms with van der Waals surface area (Å²) < 4.78 is 5.19. The Bertz CT molecular complexity index is 574. The Balaban J connectivity index is 1.47. The number of aromatic nitrogens is 2. The topological polar surface area (TPSA) is 68.0 Å². The van der Waals surface area contributed by atoms with Crippen molar-refractivity contribution in [1.29, 1.82) is 0 Å². The van der Waals surface area contributed by atoms with Crippen LogP contribution in [0.15, 0.2) is 22.0 Å². The number of hydrogen-bond acceptors (Lipinski definition) is 5. The summed E-state index contributed by atoms with van der Waals surface area (Å²) in [6, 6.07) is 4.26.